The van der Waals surface area contributed by atoms with Crippen molar-refractivity contribution in [3.63, 3.8) is 0 Å². The minimum Gasteiger partial charge on any atom is -0.477 e. The second-order valence-electron chi connectivity index (χ2n) is 4.79. The van der Waals surface area contributed by atoms with Crippen LogP contribution in [0.5, 0.6) is 0 Å². The number of nitrogens with two attached hydrogens (primary N) is 2. The lowest BCUT2D eigenvalue weighted by molar-refractivity contribution is -0.292. The van der Waals surface area contributed by atoms with Crippen molar-refractivity contribution < 1.29 is 29.6 Å². The highest BCUT2D eigenvalue weighted by Crippen LogP contribution is 2.32. The molecule has 1 rings (SSSR count). The summed E-state index contributed by atoms with van der Waals surface area (Å²) in [7, 11) is 0. The molecule has 7 N–H and O–H groups in total. The molecule has 8 heteroatoms. The van der Waals surface area contributed by atoms with Crippen molar-refractivity contribution in [1.29, 1.82) is 0 Å². The van der Waals surface area contributed by atoms with Gasteiger partial charge in [0.05, 0.1) is 31.0 Å². The molecule has 0 spiro atoms. The summed E-state index contributed by atoms with van der Waals surface area (Å²) in [5, 5.41) is 28.8. The van der Waals surface area contributed by atoms with Crippen molar-refractivity contribution in [1.82, 2.24) is 0 Å². The highest BCUT2D eigenvalue weighted by molar-refractivity contribution is 5.76. The topological polar surface area (TPSA) is 148 Å². The zero-order chi connectivity index (χ0) is 15.3. The number of hydrogen-bond donors (Lipinski definition) is 5. The van der Waals surface area contributed by atoms with Crippen LogP contribution in [0.4, 0.5) is 0 Å². The zero-order valence-corrected chi connectivity index (χ0v) is 11.1. The molecule has 1 saturated heterocycles. The molecule has 4 unspecified atom stereocenters. The second kappa shape index (κ2) is 7.11. The number of hydrogen-bond acceptors (Lipinski definition) is 7. The number of ether oxygens (including phenoxy) is 2. The summed E-state index contributed by atoms with van der Waals surface area (Å²) in [5.41, 5.74) is 11.1. The van der Waals surface area contributed by atoms with Gasteiger partial charge >= 0.3 is 5.97 Å². The lowest BCUT2D eigenvalue weighted by Crippen LogP contribution is -2.62. The fraction of sp³-hybridized carbons (Fsp3) is 0.750. The molecule has 1 fully saturated rings. The zero-order valence-electron chi connectivity index (χ0n) is 11.1. The molecule has 0 aromatic carbocycles. The Morgan fingerprint density at radius 3 is 2.80 bits per heavy atom. The Labute approximate surface area is 117 Å². The van der Waals surface area contributed by atoms with E-state index in [9.17, 15) is 20.1 Å². The summed E-state index contributed by atoms with van der Waals surface area (Å²) < 4.78 is 10.6. The minimum atomic E-state index is -2.00. The van der Waals surface area contributed by atoms with Crippen LogP contribution in [0.1, 0.15) is 12.8 Å². The summed E-state index contributed by atoms with van der Waals surface area (Å²) in [6.45, 7) is 3.36. The van der Waals surface area contributed by atoms with Gasteiger partial charge in [0, 0.05) is 19.4 Å². The molecule has 8 nitrogen and oxygen atoms in total. The lowest BCUT2D eigenvalue weighted by atomic mass is 9.91. The SMILES string of the molecule is C=CCOC1(C(=O)O)CC(O)C(N)C(C[C@H](O)CN)O1. The third-order valence-electron chi connectivity index (χ3n) is 3.23. The number of carboxylic acid groups (broad SMARTS) is 1. The lowest BCUT2D eigenvalue weighted by Gasteiger charge is -2.43. The average molecular weight is 290 g/mol. The highest BCUT2D eigenvalue weighted by atomic mass is 16.7. The smallest absolute Gasteiger partial charge is 0.364 e. The van der Waals surface area contributed by atoms with Gasteiger partial charge in [-0.25, -0.2) is 4.79 Å². The Morgan fingerprint density at radius 1 is 1.65 bits per heavy atom. The molecule has 0 amide bonds. The molecular weight excluding hydrogens is 268 g/mol. The van der Waals surface area contributed by atoms with Gasteiger partial charge in [-0.2, -0.15) is 0 Å². The van der Waals surface area contributed by atoms with Crippen molar-refractivity contribution >= 4 is 5.97 Å². The van der Waals surface area contributed by atoms with Gasteiger partial charge in [-0.15, -0.1) is 6.58 Å². The van der Waals surface area contributed by atoms with Gasteiger partial charge in [0.1, 0.15) is 0 Å². The van der Waals surface area contributed by atoms with Gasteiger partial charge in [-0.05, 0) is 0 Å². The normalized spacial score (nSPS) is 35.5. The predicted molar refractivity (Wildman–Crippen MR) is 69.7 cm³/mol. The van der Waals surface area contributed by atoms with Gasteiger partial charge in [0.2, 0.25) is 0 Å². The Hall–Kier alpha value is -1.03. The summed E-state index contributed by atoms with van der Waals surface area (Å²) in [4.78, 5) is 11.4. The quantitative estimate of drug-likeness (QED) is 0.343. The summed E-state index contributed by atoms with van der Waals surface area (Å²) in [5.74, 6) is -3.36. The molecule has 0 aliphatic carbocycles. The first-order chi connectivity index (χ1) is 9.36. The van der Waals surface area contributed by atoms with Crippen LogP contribution < -0.4 is 11.5 Å². The van der Waals surface area contributed by atoms with Crippen LogP contribution in [0, 0.1) is 0 Å². The van der Waals surface area contributed by atoms with E-state index in [0.717, 1.165) is 0 Å². The Bertz CT molecular complexity index is 353. The predicted octanol–water partition coefficient (Wildman–Crippen LogP) is -1.84. The van der Waals surface area contributed by atoms with Crippen LogP contribution in [0.15, 0.2) is 12.7 Å². The Kier molecular flexibility index (Phi) is 6.06. The first-order valence-corrected chi connectivity index (χ1v) is 6.34. The van der Waals surface area contributed by atoms with E-state index in [-0.39, 0.29) is 26.0 Å². The van der Waals surface area contributed by atoms with Crippen LogP contribution in [-0.2, 0) is 14.3 Å². The van der Waals surface area contributed by atoms with Crippen LogP contribution >= 0.6 is 0 Å². The van der Waals surface area contributed by atoms with Crippen LogP contribution in [0.2, 0.25) is 0 Å². The summed E-state index contributed by atoms with van der Waals surface area (Å²) >= 11 is 0. The molecule has 20 heavy (non-hydrogen) atoms. The van der Waals surface area contributed by atoms with Crippen molar-refractivity contribution in [2.24, 2.45) is 11.5 Å². The first kappa shape index (κ1) is 17.0. The van der Waals surface area contributed by atoms with E-state index in [1.807, 2.05) is 0 Å². The number of aliphatic hydroxyl groups is 2. The van der Waals surface area contributed by atoms with E-state index in [2.05, 4.69) is 6.58 Å². The van der Waals surface area contributed by atoms with Crippen LogP contribution in [0.25, 0.3) is 0 Å². The monoisotopic (exact) mass is 290 g/mol. The summed E-state index contributed by atoms with van der Waals surface area (Å²) in [6.07, 6.45) is -1.81. The molecule has 1 heterocycles. The highest BCUT2D eigenvalue weighted by Gasteiger charge is 2.52. The van der Waals surface area contributed by atoms with Gasteiger partial charge in [0.25, 0.3) is 5.79 Å². The molecule has 116 valence electrons. The molecule has 0 bridgehead atoms. The number of aliphatic carboxylic acids is 1. The first-order valence-electron chi connectivity index (χ1n) is 6.34. The maximum atomic E-state index is 11.4. The number of carboxylic acids is 1. The molecule has 1 aliphatic rings. The van der Waals surface area contributed by atoms with Crippen molar-refractivity contribution in [2.45, 2.75) is 43.0 Å². The average Bonchev–Trinajstić information content (AvgIpc) is 2.41. The second-order valence-corrected chi connectivity index (χ2v) is 4.79. The van der Waals surface area contributed by atoms with E-state index in [4.69, 9.17) is 20.9 Å². The van der Waals surface area contributed by atoms with E-state index in [1.165, 1.54) is 6.08 Å². The molecule has 5 atom stereocenters. The number of carbonyl (C=O) groups is 1. The van der Waals surface area contributed by atoms with E-state index in [0.29, 0.717) is 0 Å². The molecule has 0 radical (unpaired) electrons. The minimum absolute atomic E-state index is 0.0151. The van der Waals surface area contributed by atoms with Crippen molar-refractivity contribution in [2.75, 3.05) is 13.2 Å². The molecule has 1 aliphatic heterocycles. The number of aliphatic hydroxyl groups excluding tert-OH is 2. The summed E-state index contributed by atoms with van der Waals surface area (Å²) in [6, 6.07) is -0.823. The van der Waals surface area contributed by atoms with E-state index in [1.54, 1.807) is 0 Å². The standard InChI is InChI=1S/C12H22N2O6/c1-2-3-19-12(11(17)18)5-8(16)10(14)9(20-12)4-7(15)6-13/h2,7-10,15-16H,1,3-6,13-14H2,(H,17,18)/t7-,8?,9?,10?,12?/m0/s1. The van der Waals surface area contributed by atoms with Gasteiger partial charge in [-0.3, -0.25) is 0 Å². The van der Waals surface area contributed by atoms with Gasteiger partial charge < -0.3 is 36.3 Å². The third kappa shape index (κ3) is 3.75. The molecule has 0 aromatic heterocycles. The van der Waals surface area contributed by atoms with Gasteiger partial charge in [0.15, 0.2) is 0 Å². The van der Waals surface area contributed by atoms with Crippen LogP contribution in [-0.4, -0.2) is 64.6 Å². The maximum absolute atomic E-state index is 11.4. The largest absolute Gasteiger partial charge is 0.477 e. The van der Waals surface area contributed by atoms with E-state index < -0.39 is 36.1 Å². The Balaban J connectivity index is 2.91. The molecule has 0 aromatic rings. The van der Waals surface area contributed by atoms with Gasteiger partial charge in [-0.1, -0.05) is 6.08 Å². The van der Waals surface area contributed by atoms with Crippen molar-refractivity contribution in [3.8, 4) is 0 Å². The Morgan fingerprint density at radius 2 is 2.30 bits per heavy atom. The van der Waals surface area contributed by atoms with Crippen LogP contribution in [0.3, 0.4) is 0 Å². The molecule has 0 saturated carbocycles. The third-order valence-corrected chi connectivity index (χ3v) is 3.23. The fourth-order valence-corrected chi connectivity index (χ4v) is 2.09. The fourth-order valence-electron chi connectivity index (χ4n) is 2.09. The molecular formula is C12H22N2O6. The number of rotatable bonds is 7. The maximum Gasteiger partial charge on any atom is 0.364 e. The van der Waals surface area contributed by atoms with Crippen molar-refractivity contribution in [3.05, 3.63) is 12.7 Å². The van der Waals surface area contributed by atoms with E-state index >= 15 is 0 Å².